The minimum Gasteiger partial charge on any atom is -0.376 e. The highest BCUT2D eigenvalue weighted by molar-refractivity contribution is 4.97. The molecule has 1 saturated heterocycles. The normalized spacial score (nSPS) is 36.9. The van der Waals surface area contributed by atoms with Crippen LogP contribution in [0.15, 0.2) is 12.2 Å². The molecule has 0 N–H and O–H groups in total. The summed E-state index contributed by atoms with van der Waals surface area (Å²) in [5, 5.41) is 0. The van der Waals surface area contributed by atoms with Gasteiger partial charge in [-0.1, -0.05) is 26.0 Å². The number of fused-ring (bicyclic) bond motifs is 1. The summed E-state index contributed by atoms with van der Waals surface area (Å²) in [7, 11) is 0. The Hall–Kier alpha value is -0.380. The van der Waals surface area contributed by atoms with E-state index in [0.717, 1.165) is 25.7 Å². The molecule has 108 valence electrons. The van der Waals surface area contributed by atoms with Crippen molar-refractivity contribution in [3.63, 3.8) is 0 Å². The van der Waals surface area contributed by atoms with Crippen molar-refractivity contribution in [2.24, 2.45) is 0 Å². The fourth-order valence-corrected chi connectivity index (χ4v) is 2.46. The van der Waals surface area contributed by atoms with Crippen molar-refractivity contribution >= 4 is 0 Å². The molecule has 0 bridgehead atoms. The molecule has 1 aliphatic heterocycles. The summed E-state index contributed by atoms with van der Waals surface area (Å²) in [5.74, 6) is 0. The Bertz CT molecular complexity index is 258. The zero-order valence-electron chi connectivity index (χ0n) is 12.3. The van der Waals surface area contributed by atoms with Crippen molar-refractivity contribution in [3.05, 3.63) is 12.2 Å². The van der Waals surface area contributed by atoms with Crippen LogP contribution in [0.3, 0.4) is 0 Å². The van der Waals surface area contributed by atoms with Gasteiger partial charge in [-0.3, -0.25) is 0 Å². The minimum atomic E-state index is -0.173. The van der Waals surface area contributed by atoms with Gasteiger partial charge in [0.15, 0.2) is 6.29 Å². The Kier molecular flexibility index (Phi) is 6.90. The number of hydrogen-bond donors (Lipinski definition) is 0. The summed E-state index contributed by atoms with van der Waals surface area (Å²) >= 11 is 0. The lowest BCUT2D eigenvalue weighted by Gasteiger charge is -2.29. The molecule has 2 aliphatic rings. The topological polar surface area (TPSA) is 27.7 Å². The fourth-order valence-electron chi connectivity index (χ4n) is 2.46. The third-order valence-corrected chi connectivity index (χ3v) is 3.43. The Morgan fingerprint density at radius 3 is 2.78 bits per heavy atom. The highest BCUT2D eigenvalue weighted by Crippen LogP contribution is 2.37. The first-order valence-corrected chi connectivity index (χ1v) is 7.30. The first-order valence-electron chi connectivity index (χ1n) is 7.30. The van der Waals surface area contributed by atoms with Crippen LogP contribution in [0.4, 0.5) is 0 Å². The second kappa shape index (κ2) is 7.93. The molecule has 1 fully saturated rings. The molecule has 0 spiro atoms. The lowest BCUT2D eigenvalue weighted by molar-refractivity contribution is -0.124. The fraction of sp³-hybridized carbons (Fsp3) is 0.867. The third kappa shape index (κ3) is 4.08. The van der Waals surface area contributed by atoms with Crippen LogP contribution in [0.1, 0.15) is 54.8 Å². The quantitative estimate of drug-likeness (QED) is 0.718. The molecule has 3 atom stereocenters. The number of rotatable bonds is 3. The molecule has 2 unspecified atom stereocenters. The molecule has 3 nitrogen and oxygen atoms in total. The first-order chi connectivity index (χ1) is 8.74. The monoisotopic (exact) mass is 258 g/mol. The number of allylic oxidation sites excluding steroid dienone is 2. The zero-order valence-corrected chi connectivity index (χ0v) is 12.3. The van der Waals surface area contributed by atoms with E-state index in [4.69, 9.17) is 14.2 Å². The van der Waals surface area contributed by atoms with E-state index in [0.29, 0.717) is 13.2 Å². The van der Waals surface area contributed by atoms with Gasteiger partial charge in [-0.05, 0) is 39.5 Å². The Morgan fingerprint density at radius 1 is 1.33 bits per heavy atom. The molecule has 0 amide bonds. The van der Waals surface area contributed by atoms with Gasteiger partial charge in [0, 0.05) is 8.03 Å². The summed E-state index contributed by atoms with van der Waals surface area (Å²) in [5.41, 5.74) is -0.119. The molecule has 1 heterocycles. The molecule has 0 aromatic heterocycles. The Labute approximate surface area is 113 Å². The standard InChI is InChI=1S/C13H22O3.C2H6.H2/c1-3-14-10-12-15-11-8-6-4-5-7-9-13(11,2)16-12;1-2;/h4-5,11-12H,3,6-10H2,1-2H3;1-2H3;1H/b5-4+;;/t11?,12-,13?;;/m1../s1. The maximum Gasteiger partial charge on any atom is 0.182 e. The van der Waals surface area contributed by atoms with E-state index in [2.05, 4.69) is 19.1 Å². The lowest BCUT2D eigenvalue weighted by Crippen LogP contribution is -2.37. The highest BCUT2D eigenvalue weighted by atomic mass is 16.8. The molecule has 1 aliphatic carbocycles. The minimum absolute atomic E-state index is 0. The molecule has 0 aromatic carbocycles. The van der Waals surface area contributed by atoms with Crippen molar-refractivity contribution in [2.75, 3.05) is 13.2 Å². The van der Waals surface area contributed by atoms with E-state index < -0.39 is 0 Å². The third-order valence-electron chi connectivity index (χ3n) is 3.43. The number of ether oxygens (including phenoxy) is 3. The van der Waals surface area contributed by atoms with Crippen molar-refractivity contribution in [1.29, 1.82) is 0 Å². The zero-order chi connectivity index (χ0) is 13.4. The van der Waals surface area contributed by atoms with Gasteiger partial charge in [0.2, 0.25) is 0 Å². The molecule has 2 rings (SSSR count). The molecule has 3 heteroatoms. The molecular formula is C15H30O3. The summed E-state index contributed by atoms with van der Waals surface area (Å²) < 4.78 is 17.3. The average molecular weight is 258 g/mol. The van der Waals surface area contributed by atoms with Gasteiger partial charge < -0.3 is 14.2 Å². The van der Waals surface area contributed by atoms with Crippen LogP contribution >= 0.6 is 0 Å². The van der Waals surface area contributed by atoms with Gasteiger partial charge in [0.05, 0.1) is 18.3 Å². The van der Waals surface area contributed by atoms with E-state index >= 15 is 0 Å². The largest absolute Gasteiger partial charge is 0.376 e. The SMILES string of the molecule is CC.CCOC[C@@H]1OC2CC/C=C/CCC2(C)O1.[HH]. The van der Waals surface area contributed by atoms with Gasteiger partial charge in [0.25, 0.3) is 0 Å². The van der Waals surface area contributed by atoms with Crippen molar-refractivity contribution < 1.29 is 15.6 Å². The van der Waals surface area contributed by atoms with Gasteiger partial charge in [0.1, 0.15) is 0 Å². The summed E-state index contributed by atoms with van der Waals surface area (Å²) in [6, 6.07) is 0. The van der Waals surface area contributed by atoms with E-state index in [9.17, 15) is 0 Å². The van der Waals surface area contributed by atoms with Crippen molar-refractivity contribution in [1.82, 2.24) is 0 Å². The lowest BCUT2D eigenvalue weighted by atomic mass is 9.88. The van der Waals surface area contributed by atoms with Crippen LogP contribution in [0.2, 0.25) is 0 Å². The smallest absolute Gasteiger partial charge is 0.182 e. The van der Waals surface area contributed by atoms with Gasteiger partial charge >= 0.3 is 0 Å². The van der Waals surface area contributed by atoms with Crippen LogP contribution in [0.25, 0.3) is 0 Å². The molecule has 0 saturated carbocycles. The van der Waals surface area contributed by atoms with Crippen LogP contribution in [-0.4, -0.2) is 31.2 Å². The van der Waals surface area contributed by atoms with Crippen molar-refractivity contribution in [3.8, 4) is 0 Å². The van der Waals surface area contributed by atoms with E-state index in [1.807, 2.05) is 20.8 Å². The predicted molar refractivity (Wildman–Crippen MR) is 75.7 cm³/mol. The summed E-state index contributed by atoms with van der Waals surface area (Å²) in [6.45, 7) is 9.43. The van der Waals surface area contributed by atoms with Gasteiger partial charge in [-0.25, -0.2) is 0 Å². The van der Waals surface area contributed by atoms with Gasteiger partial charge in [-0.15, -0.1) is 0 Å². The van der Waals surface area contributed by atoms with Gasteiger partial charge in [-0.2, -0.15) is 0 Å². The first kappa shape index (κ1) is 15.7. The molecule has 18 heavy (non-hydrogen) atoms. The maximum atomic E-state index is 6.01. The summed E-state index contributed by atoms with van der Waals surface area (Å²) in [4.78, 5) is 0. The van der Waals surface area contributed by atoms with Crippen LogP contribution in [-0.2, 0) is 14.2 Å². The molecule has 0 radical (unpaired) electrons. The van der Waals surface area contributed by atoms with E-state index in [1.54, 1.807) is 0 Å². The maximum absolute atomic E-state index is 6.01. The summed E-state index contributed by atoms with van der Waals surface area (Å²) in [6.07, 6.45) is 8.81. The second-order valence-corrected chi connectivity index (χ2v) is 4.73. The molecular weight excluding hydrogens is 228 g/mol. The van der Waals surface area contributed by atoms with Crippen molar-refractivity contribution in [2.45, 2.75) is 71.4 Å². The van der Waals surface area contributed by atoms with Crippen LogP contribution in [0.5, 0.6) is 0 Å². The second-order valence-electron chi connectivity index (χ2n) is 4.73. The predicted octanol–water partition coefficient (Wildman–Crippen LogP) is 3.93. The van der Waals surface area contributed by atoms with E-state index in [-0.39, 0.29) is 19.4 Å². The Balaban J connectivity index is 0.00000103. The van der Waals surface area contributed by atoms with E-state index in [1.165, 1.54) is 0 Å². The van der Waals surface area contributed by atoms with Crippen LogP contribution in [0, 0.1) is 0 Å². The Morgan fingerprint density at radius 2 is 2.06 bits per heavy atom. The highest BCUT2D eigenvalue weighted by Gasteiger charge is 2.45. The number of hydrogen-bond acceptors (Lipinski definition) is 3. The van der Waals surface area contributed by atoms with Crippen LogP contribution < -0.4 is 0 Å². The molecule has 0 aromatic rings. The average Bonchev–Trinajstić information content (AvgIpc) is 2.67.